The van der Waals surface area contributed by atoms with Crippen molar-refractivity contribution in [2.24, 2.45) is 0 Å². The fraction of sp³-hybridized carbons (Fsp3) is 0.318. The average Bonchev–Trinajstić information content (AvgIpc) is 3.26. The molecule has 1 heterocycles. The maximum atomic E-state index is 12.8. The van der Waals surface area contributed by atoms with E-state index in [1.165, 1.54) is 16.7 Å². The van der Waals surface area contributed by atoms with Crippen LogP contribution in [0.4, 0.5) is 0 Å². The number of nitrogens with one attached hydrogen (secondary N) is 1. The summed E-state index contributed by atoms with van der Waals surface area (Å²) in [4.78, 5) is 16.9. The Labute approximate surface area is 183 Å². The third-order valence-corrected chi connectivity index (χ3v) is 7.10. The van der Waals surface area contributed by atoms with Crippen LogP contribution in [0, 0.1) is 6.92 Å². The molecule has 9 heteroatoms. The lowest BCUT2D eigenvalue weighted by Crippen LogP contribution is -2.31. The van der Waals surface area contributed by atoms with E-state index in [9.17, 15) is 13.2 Å². The predicted octanol–water partition coefficient (Wildman–Crippen LogP) is 2.60. The Morgan fingerprint density at radius 3 is 2.52 bits per heavy atom. The van der Waals surface area contributed by atoms with Gasteiger partial charge in [0, 0.05) is 25.2 Å². The van der Waals surface area contributed by atoms with Gasteiger partial charge in [0.25, 0.3) is 5.91 Å². The van der Waals surface area contributed by atoms with Gasteiger partial charge in [-0.25, -0.2) is 18.1 Å². The highest BCUT2D eigenvalue weighted by Crippen LogP contribution is 2.20. The Morgan fingerprint density at radius 1 is 1.10 bits per heavy atom. The molecule has 8 nitrogen and oxygen atoms in total. The van der Waals surface area contributed by atoms with Crippen LogP contribution in [0.3, 0.4) is 0 Å². The number of hydrogen-bond acceptors (Lipinski definition) is 5. The molecule has 0 fully saturated rings. The Bertz CT molecular complexity index is 1140. The number of carbonyl (C=O) groups is 1. The standard InChI is InChI=1S/C22H27N5O3S/c1-4-27(5-2)31(29,30)20-10-9-17(3)21(12-20)22(28)24-13-18-7-6-8-19(11-18)14-26-16-23-15-25-26/h6-12,15-16H,4-5,13-14H2,1-3H3,(H,24,28). The van der Waals surface area contributed by atoms with Gasteiger partial charge in [0.2, 0.25) is 10.0 Å². The Hall–Kier alpha value is -3.04. The van der Waals surface area contributed by atoms with Crippen molar-refractivity contribution in [3.8, 4) is 0 Å². The van der Waals surface area contributed by atoms with Crippen molar-refractivity contribution in [1.29, 1.82) is 0 Å². The van der Waals surface area contributed by atoms with E-state index < -0.39 is 10.0 Å². The van der Waals surface area contributed by atoms with E-state index in [1.807, 2.05) is 24.3 Å². The maximum Gasteiger partial charge on any atom is 0.251 e. The third kappa shape index (κ3) is 5.36. The van der Waals surface area contributed by atoms with Crippen LogP contribution >= 0.6 is 0 Å². The lowest BCUT2D eigenvalue weighted by atomic mass is 10.1. The molecule has 164 valence electrons. The Balaban J connectivity index is 1.74. The number of amides is 1. The van der Waals surface area contributed by atoms with Crippen LogP contribution in [0.5, 0.6) is 0 Å². The van der Waals surface area contributed by atoms with E-state index in [0.717, 1.165) is 16.7 Å². The average molecular weight is 442 g/mol. The highest BCUT2D eigenvalue weighted by molar-refractivity contribution is 7.89. The molecule has 0 aliphatic rings. The van der Waals surface area contributed by atoms with E-state index in [1.54, 1.807) is 43.9 Å². The molecular formula is C22H27N5O3S. The molecule has 1 amide bonds. The summed E-state index contributed by atoms with van der Waals surface area (Å²) >= 11 is 0. The molecule has 1 N–H and O–H groups in total. The van der Waals surface area contributed by atoms with Crippen LogP contribution in [-0.2, 0) is 23.1 Å². The van der Waals surface area contributed by atoms with Crippen molar-refractivity contribution in [1.82, 2.24) is 24.4 Å². The van der Waals surface area contributed by atoms with Crippen molar-refractivity contribution in [2.45, 2.75) is 38.8 Å². The Kier molecular flexibility index (Phi) is 7.19. The van der Waals surface area contributed by atoms with Crippen molar-refractivity contribution in [3.63, 3.8) is 0 Å². The first kappa shape index (κ1) is 22.6. The van der Waals surface area contributed by atoms with Gasteiger partial charge < -0.3 is 5.32 Å². The van der Waals surface area contributed by atoms with Crippen molar-refractivity contribution in [3.05, 3.63) is 77.4 Å². The number of aromatic nitrogens is 3. The largest absolute Gasteiger partial charge is 0.348 e. The number of hydrogen-bond donors (Lipinski definition) is 1. The van der Waals surface area contributed by atoms with E-state index in [2.05, 4.69) is 15.4 Å². The molecule has 0 saturated heterocycles. The minimum Gasteiger partial charge on any atom is -0.348 e. The second-order valence-corrected chi connectivity index (χ2v) is 9.10. The molecular weight excluding hydrogens is 414 g/mol. The summed E-state index contributed by atoms with van der Waals surface area (Å²) in [7, 11) is -3.63. The molecule has 0 atom stereocenters. The van der Waals surface area contributed by atoms with Gasteiger partial charge >= 0.3 is 0 Å². The number of sulfonamides is 1. The first-order valence-electron chi connectivity index (χ1n) is 10.1. The quantitative estimate of drug-likeness (QED) is 0.551. The summed E-state index contributed by atoms with van der Waals surface area (Å²) < 4.78 is 28.7. The summed E-state index contributed by atoms with van der Waals surface area (Å²) in [6, 6.07) is 12.5. The normalized spacial score (nSPS) is 11.6. The number of nitrogens with zero attached hydrogens (tertiary/aromatic N) is 4. The zero-order valence-corrected chi connectivity index (χ0v) is 18.8. The van der Waals surface area contributed by atoms with Crippen LogP contribution in [0.1, 0.15) is 40.9 Å². The number of benzene rings is 2. The Morgan fingerprint density at radius 2 is 1.84 bits per heavy atom. The highest BCUT2D eigenvalue weighted by Gasteiger charge is 2.23. The van der Waals surface area contributed by atoms with Gasteiger partial charge in [-0.3, -0.25) is 4.79 Å². The van der Waals surface area contributed by atoms with Gasteiger partial charge in [-0.1, -0.05) is 44.2 Å². The van der Waals surface area contributed by atoms with E-state index in [-0.39, 0.29) is 10.8 Å². The molecule has 0 aliphatic heterocycles. The summed E-state index contributed by atoms with van der Waals surface area (Å²) in [6.07, 6.45) is 3.14. The van der Waals surface area contributed by atoms with Gasteiger partial charge in [-0.05, 0) is 35.7 Å². The topological polar surface area (TPSA) is 97.2 Å². The fourth-order valence-electron chi connectivity index (χ4n) is 3.34. The number of rotatable bonds is 9. The molecule has 0 spiro atoms. The summed E-state index contributed by atoms with van der Waals surface area (Å²) in [5.41, 5.74) is 3.05. The first-order valence-corrected chi connectivity index (χ1v) is 11.6. The minimum absolute atomic E-state index is 0.127. The van der Waals surface area contributed by atoms with E-state index >= 15 is 0 Å². The predicted molar refractivity (Wildman–Crippen MR) is 118 cm³/mol. The molecule has 31 heavy (non-hydrogen) atoms. The molecule has 0 bridgehead atoms. The van der Waals surface area contributed by atoms with Gasteiger partial charge in [0.1, 0.15) is 12.7 Å². The maximum absolute atomic E-state index is 12.8. The monoisotopic (exact) mass is 441 g/mol. The van der Waals surface area contributed by atoms with Crippen LogP contribution in [-0.4, -0.2) is 46.5 Å². The van der Waals surface area contributed by atoms with E-state index in [0.29, 0.717) is 31.7 Å². The molecule has 0 radical (unpaired) electrons. The first-order chi connectivity index (χ1) is 14.8. The molecule has 2 aromatic carbocycles. The van der Waals surface area contributed by atoms with Crippen LogP contribution in [0.25, 0.3) is 0 Å². The SMILES string of the molecule is CCN(CC)S(=O)(=O)c1ccc(C)c(C(=O)NCc2cccc(Cn3cncn3)c2)c1. The summed E-state index contributed by atoms with van der Waals surface area (Å²) in [5.74, 6) is -0.309. The highest BCUT2D eigenvalue weighted by atomic mass is 32.2. The fourth-order valence-corrected chi connectivity index (χ4v) is 4.82. The van der Waals surface area contributed by atoms with Crippen LogP contribution < -0.4 is 5.32 Å². The molecule has 3 aromatic rings. The van der Waals surface area contributed by atoms with Crippen molar-refractivity contribution >= 4 is 15.9 Å². The van der Waals surface area contributed by atoms with Crippen molar-refractivity contribution in [2.75, 3.05) is 13.1 Å². The van der Waals surface area contributed by atoms with E-state index in [4.69, 9.17) is 0 Å². The van der Waals surface area contributed by atoms with Gasteiger partial charge in [-0.15, -0.1) is 0 Å². The molecule has 0 unspecified atom stereocenters. The number of carbonyl (C=O) groups excluding carboxylic acids is 1. The van der Waals surface area contributed by atoms with Gasteiger partial charge in [0.05, 0.1) is 11.4 Å². The smallest absolute Gasteiger partial charge is 0.251 e. The van der Waals surface area contributed by atoms with Crippen LogP contribution in [0.2, 0.25) is 0 Å². The third-order valence-electron chi connectivity index (χ3n) is 5.05. The molecule has 0 aliphatic carbocycles. The summed E-state index contributed by atoms with van der Waals surface area (Å²) in [6.45, 7) is 7.04. The van der Waals surface area contributed by atoms with Gasteiger partial charge in [-0.2, -0.15) is 9.40 Å². The second kappa shape index (κ2) is 9.84. The molecule has 0 saturated carbocycles. The lowest BCUT2D eigenvalue weighted by molar-refractivity contribution is 0.0950. The zero-order valence-electron chi connectivity index (χ0n) is 17.9. The van der Waals surface area contributed by atoms with Crippen LogP contribution in [0.15, 0.2) is 60.0 Å². The zero-order chi connectivity index (χ0) is 22.4. The number of aryl methyl sites for hydroxylation is 1. The minimum atomic E-state index is -3.63. The lowest BCUT2D eigenvalue weighted by Gasteiger charge is -2.19. The second-order valence-electron chi connectivity index (χ2n) is 7.16. The molecule has 1 aromatic heterocycles. The van der Waals surface area contributed by atoms with Gasteiger partial charge in [0.15, 0.2) is 0 Å². The summed E-state index contributed by atoms with van der Waals surface area (Å²) in [5, 5.41) is 7.00. The molecule has 3 rings (SSSR count). The van der Waals surface area contributed by atoms with Crippen molar-refractivity contribution < 1.29 is 13.2 Å².